The standard InChI is InChI=1S/C21H19F2N5OS/c22-15-4-6-17(7-5-15)26-8-10-27(11-9-26)18(14-2-1-3-16(23)12-14)19-20(29)28-21(30-19)24-13-25-28/h1-7,12-13,18,29H,8-11H2/t18-/m0/s1. The van der Waals surface area contributed by atoms with Gasteiger partial charge in [0.05, 0.1) is 10.9 Å². The van der Waals surface area contributed by atoms with Crippen LogP contribution in [0.3, 0.4) is 0 Å². The molecule has 0 amide bonds. The van der Waals surface area contributed by atoms with Crippen molar-refractivity contribution in [1.29, 1.82) is 0 Å². The number of aromatic nitrogens is 3. The Kier molecular flexibility index (Phi) is 4.84. The monoisotopic (exact) mass is 427 g/mol. The van der Waals surface area contributed by atoms with E-state index < -0.39 is 0 Å². The maximum absolute atomic E-state index is 14.0. The second-order valence-corrected chi connectivity index (χ2v) is 8.21. The van der Waals surface area contributed by atoms with Gasteiger partial charge in [-0.15, -0.1) is 0 Å². The third-order valence-corrected chi connectivity index (χ3v) is 6.51. The third kappa shape index (κ3) is 3.40. The van der Waals surface area contributed by atoms with Crippen molar-refractivity contribution >= 4 is 22.0 Å². The van der Waals surface area contributed by atoms with Crippen LogP contribution in [0.1, 0.15) is 16.5 Å². The molecule has 0 radical (unpaired) electrons. The SMILES string of the molecule is Oc1c([C@H](c2cccc(F)c2)N2CCN(c3ccc(F)cc3)CC2)sc2ncnn12. The van der Waals surface area contributed by atoms with Gasteiger partial charge in [0.1, 0.15) is 18.0 Å². The molecule has 30 heavy (non-hydrogen) atoms. The zero-order valence-electron chi connectivity index (χ0n) is 15.9. The van der Waals surface area contributed by atoms with Crippen LogP contribution in [0.5, 0.6) is 5.88 Å². The normalized spacial score (nSPS) is 16.3. The zero-order valence-corrected chi connectivity index (χ0v) is 16.8. The van der Waals surface area contributed by atoms with E-state index in [1.54, 1.807) is 18.2 Å². The Morgan fingerprint density at radius 2 is 1.73 bits per heavy atom. The molecule has 0 spiro atoms. The molecule has 1 aliphatic heterocycles. The Hall–Kier alpha value is -3.04. The first-order valence-electron chi connectivity index (χ1n) is 9.61. The minimum absolute atomic E-state index is 0.0303. The Morgan fingerprint density at radius 3 is 2.43 bits per heavy atom. The Morgan fingerprint density at radius 1 is 0.967 bits per heavy atom. The lowest BCUT2D eigenvalue weighted by atomic mass is 10.0. The van der Waals surface area contributed by atoms with Gasteiger partial charge in [0, 0.05) is 31.9 Å². The van der Waals surface area contributed by atoms with Gasteiger partial charge in [0.15, 0.2) is 0 Å². The first-order valence-corrected chi connectivity index (χ1v) is 10.4. The predicted molar refractivity (Wildman–Crippen MR) is 111 cm³/mol. The van der Waals surface area contributed by atoms with Crippen molar-refractivity contribution in [2.45, 2.75) is 6.04 Å². The number of halogens is 2. The lowest BCUT2D eigenvalue weighted by Crippen LogP contribution is -2.47. The van der Waals surface area contributed by atoms with Crippen LogP contribution in [0.15, 0.2) is 54.9 Å². The van der Waals surface area contributed by atoms with Crippen molar-refractivity contribution in [3.8, 4) is 5.88 Å². The summed E-state index contributed by atoms with van der Waals surface area (Å²) in [6, 6.07) is 12.6. The molecule has 4 aromatic rings. The number of rotatable bonds is 4. The van der Waals surface area contributed by atoms with Gasteiger partial charge in [0.2, 0.25) is 10.8 Å². The van der Waals surface area contributed by atoms with Crippen molar-refractivity contribution in [1.82, 2.24) is 19.5 Å². The molecule has 0 aliphatic carbocycles. The minimum atomic E-state index is -0.318. The van der Waals surface area contributed by atoms with Crippen molar-refractivity contribution in [3.63, 3.8) is 0 Å². The van der Waals surface area contributed by atoms with Crippen LogP contribution < -0.4 is 4.90 Å². The van der Waals surface area contributed by atoms with Crippen molar-refractivity contribution in [2.75, 3.05) is 31.1 Å². The summed E-state index contributed by atoms with van der Waals surface area (Å²) in [6.45, 7) is 2.87. The molecule has 2 aromatic carbocycles. The minimum Gasteiger partial charge on any atom is -0.492 e. The van der Waals surface area contributed by atoms with Crippen molar-refractivity contribution in [2.24, 2.45) is 0 Å². The average molecular weight is 427 g/mol. The number of anilines is 1. The Bertz CT molecular complexity index is 1170. The number of benzene rings is 2. The summed E-state index contributed by atoms with van der Waals surface area (Å²) in [5.41, 5.74) is 1.74. The van der Waals surface area contributed by atoms with Gasteiger partial charge in [-0.05, 0) is 42.0 Å². The van der Waals surface area contributed by atoms with Gasteiger partial charge in [-0.25, -0.2) is 13.8 Å². The number of thiazole rings is 1. The summed E-state index contributed by atoms with van der Waals surface area (Å²) in [5.74, 6) is -0.542. The summed E-state index contributed by atoms with van der Waals surface area (Å²) in [4.78, 5) is 9.87. The van der Waals surface area contributed by atoms with Crippen molar-refractivity contribution in [3.05, 3.63) is 76.9 Å². The molecule has 0 unspecified atom stereocenters. The molecule has 1 fully saturated rings. The number of nitrogens with zero attached hydrogens (tertiary/aromatic N) is 5. The first kappa shape index (κ1) is 19.0. The Balaban J connectivity index is 1.46. The van der Waals surface area contributed by atoms with E-state index in [1.807, 2.05) is 6.07 Å². The number of hydrogen-bond acceptors (Lipinski definition) is 6. The van der Waals surface area contributed by atoms with E-state index in [0.29, 0.717) is 22.9 Å². The maximum atomic E-state index is 14.0. The molecule has 0 saturated carbocycles. The van der Waals surface area contributed by atoms with E-state index >= 15 is 0 Å². The smallest absolute Gasteiger partial charge is 0.230 e. The fourth-order valence-corrected chi connectivity index (χ4v) is 5.06. The summed E-state index contributed by atoms with van der Waals surface area (Å²) in [6.07, 6.45) is 1.40. The van der Waals surface area contributed by atoms with Crippen molar-refractivity contribution < 1.29 is 13.9 Å². The van der Waals surface area contributed by atoms with Crippen LogP contribution in [0, 0.1) is 11.6 Å². The summed E-state index contributed by atoms with van der Waals surface area (Å²) < 4.78 is 28.7. The van der Waals surface area contributed by atoms with Crippen LogP contribution in [-0.2, 0) is 0 Å². The lowest BCUT2D eigenvalue weighted by molar-refractivity contribution is 0.211. The lowest BCUT2D eigenvalue weighted by Gasteiger charge is -2.40. The molecular formula is C21H19F2N5OS. The topological polar surface area (TPSA) is 56.9 Å². The van der Waals surface area contributed by atoms with Gasteiger partial charge in [-0.2, -0.15) is 9.61 Å². The molecule has 3 heterocycles. The molecule has 1 atom stereocenters. The van der Waals surface area contributed by atoms with Crippen LogP contribution in [-0.4, -0.2) is 50.8 Å². The second kappa shape index (κ2) is 7.66. The average Bonchev–Trinajstić information content (AvgIpc) is 3.33. The third-order valence-electron chi connectivity index (χ3n) is 5.42. The second-order valence-electron chi connectivity index (χ2n) is 7.20. The van der Waals surface area contributed by atoms with E-state index in [2.05, 4.69) is 19.9 Å². The zero-order chi connectivity index (χ0) is 20.7. The number of fused-ring (bicyclic) bond motifs is 1. The summed E-state index contributed by atoms with van der Waals surface area (Å²) in [7, 11) is 0. The molecule has 6 nitrogen and oxygen atoms in total. The maximum Gasteiger partial charge on any atom is 0.230 e. The van der Waals surface area contributed by atoms with Gasteiger partial charge in [0.25, 0.3) is 0 Å². The molecule has 9 heteroatoms. The highest BCUT2D eigenvalue weighted by Gasteiger charge is 2.31. The molecule has 2 aromatic heterocycles. The molecule has 1 aliphatic rings. The largest absolute Gasteiger partial charge is 0.492 e. The van der Waals surface area contributed by atoms with E-state index in [9.17, 15) is 13.9 Å². The molecule has 1 N–H and O–H groups in total. The molecule has 0 bridgehead atoms. The first-order chi connectivity index (χ1) is 14.6. The van der Waals surface area contributed by atoms with Crippen LogP contribution >= 0.6 is 11.3 Å². The van der Waals surface area contributed by atoms with E-state index in [-0.39, 0.29) is 23.6 Å². The molecule has 154 valence electrons. The highest BCUT2D eigenvalue weighted by atomic mass is 32.1. The van der Waals surface area contributed by atoms with Crippen LogP contribution in [0.4, 0.5) is 14.5 Å². The number of piperazine rings is 1. The number of aromatic hydroxyl groups is 1. The quantitative estimate of drug-likeness (QED) is 0.538. The van der Waals surface area contributed by atoms with E-state index in [0.717, 1.165) is 24.3 Å². The van der Waals surface area contributed by atoms with Crippen LogP contribution in [0.2, 0.25) is 0 Å². The van der Waals surface area contributed by atoms with Crippen LogP contribution in [0.25, 0.3) is 4.96 Å². The number of hydrogen-bond donors (Lipinski definition) is 1. The fraction of sp³-hybridized carbons (Fsp3) is 0.238. The van der Waals surface area contributed by atoms with E-state index in [1.165, 1.54) is 46.4 Å². The molecule has 1 saturated heterocycles. The highest BCUT2D eigenvalue weighted by Crippen LogP contribution is 2.40. The fourth-order valence-electron chi connectivity index (χ4n) is 3.97. The molecule has 5 rings (SSSR count). The van der Waals surface area contributed by atoms with Gasteiger partial charge in [-0.1, -0.05) is 23.5 Å². The van der Waals surface area contributed by atoms with Gasteiger partial charge < -0.3 is 10.0 Å². The highest BCUT2D eigenvalue weighted by molar-refractivity contribution is 7.17. The summed E-state index contributed by atoms with van der Waals surface area (Å²) in [5, 5.41) is 14.8. The van der Waals surface area contributed by atoms with Gasteiger partial charge in [-0.3, -0.25) is 4.90 Å². The predicted octanol–water partition coefficient (Wildman–Crippen LogP) is 3.69. The molecular weight excluding hydrogens is 408 g/mol. The Labute approximate surface area is 175 Å². The van der Waals surface area contributed by atoms with Gasteiger partial charge >= 0.3 is 0 Å². The summed E-state index contributed by atoms with van der Waals surface area (Å²) >= 11 is 1.35. The van der Waals surface area contributed by atoms with E-state index in [4.69, 9.17) is 0 Å².